The lowest BCUT2D eigenvalue weighted by Crippen LogP contribution is -2.06. The molecule has 0 unspecified atom stereocenters. The fourth-order valence-corrected chi connectivity index (χ4v) is 3.72. The van der Waals surface area contributed by atoms with Crippen molar-refractivity contribution in [3.8, 4) is 0 Å². The van der Waals surface area contributed by atoms with Crippen molar-refractivity contribution in [3.63, 3.8) is 0 Å². The first kappa shape index (κ1) is 14.8. The van der Waals surface area contributed by atoms with Gasteiger partial charge < -0.3 is 14.7 Å². The molecule has 122 valence electrons. The molecule has 4 nitrogen and oxygen atoms in total. The zero-order valence-electron chi connectivity index (χ0n) is 14.3. The third-order valence-corrected chi connectivity index (χ3v) is 4.88. The van der Waals surface area contributed by atoms with Crippen LogP contribution in [0.5, 0.6) is 0 Å². The Morgan fingerprint density at radius 3 is 2.58 bits per heavy atom. The van der Waals surface area contributed by atoms with E-state index >= 15 is 0 Å². The maximum Gasteiger partial charge on any atom is 0.355 e. The summed E-state index contributed by atoms with van der Waals surface area (Å²) < 4.78 is 5.17. The van der Waals surface area contributed by atoms with E-state index in [-0.39, 0.29) is 5.97 Å². The Labute approximate surface area is 139 Å². The van der Waals surface area contributed by atoms with Crippen LogP contribution >= 0.6 is 0 Å². The molecular formula is C20H20N2O2. The van der Waals surface area contributed by atoms with Gasteiger partial charge in [-0.2, -0.15) is 0 Å². The smallest absolute Gasteiger partial charge is 0.355 e. The van der Waals surface area contributed by atoms with Crippen molar-refractivity contribution in [2.75, 3.05) is 6.61 Å². The Balaban J connectivity index is 2.10. The van der Waals surface area contributed by atoms with Crippen molar-refractivity contribution in [1.29, 1.82) is 0 Å². The van der Waals surface area contributed by atoms with Gasteiger partial charge in [-0.05, 0) is 50.5 Å². The van der Waals surface area contributed by atoms with Crippen molar-refractivity contribution in [3.05, 3.63) is 46.6 Å². The molecule has 2 aromatic carbocycles. The normalized spacial score (nSPS) is 11.7. The third-order valence-electron chi connectivity index (χ3n) is 4.88. The summed E-state index contributed by atoms with van der Waals surface area (Å²) in [4.78, 5) is 19.0. The second-order valence-electron chi connectivity index (χ2n) is 6.31. The van der Waals surface area contributed by atoms with E-state index in [1.807, 2.05) is 13.8 Å². The molecule has 0 atom stereocenters. The summed E-state index contributed by atoms with van der Waals surface area (Å²) in [6.07, 6.45) is 0. The molecule has 24 heavy (non-hydrogen) atoms. The molecule has 4 rings (SSSR count). The van der Waals surface area contributed by atoms with E-state index in [1.54, 1.807) is 0 Å². The molecule has 2 aromatic heterocycles. The number of H-pyrrole nitrogens is 2. The molecular weight excluding hydrogens is 300 g/mol. The van der Waals surface area contributed by atoms with E-state index < -0.39 is 0 Å². The predicted molar refractivity (Wildman–Crippen MR) is 97.8 cm³/mol. The number of esters is 1. The third kappa shape index (κ3) is 1.89. The second kappa shape index (κ2) is 5.13. The molecule has 0 fully saturated rings. The van der Waals surface area contributed by atoms with Crippen molar-refractivity contribution in [2.24, 2.45) is 0 Å². The molecule has 0 radical (unpaired) electrons. The number of carbonyl (C=O) groups excluding carboxylic acids is 1. The Kier molecular flexibility index (Phi) is 3.17. The van der Waals surface area contributed by atoms with Crippen molar-refractivity contribution in [1.82, 2.24) is 9.97 Å². The minimum atomic E-state index is -0.296. The van der Waals surface area contributed by atoms with Gasteiger partial charge in [0, 0.05) is 27.2 Å². The zero-order chi connectivity index (χ0) is 17.0. The SMILES string of the molecule is CCOC(=O)c1[nH]c2cc3c([nH]c4c(C)cccc43)c(C)c2c1C. The number of aryl methyl sites for hydroxylation is 3. The van der Waals surface area contributed by atoms with Crippen LogP contribution in [0.2, 0.25) is 0 Å². The fourth-order valence-electron chi connectivity index (χ4n) is 3.72. The lowest BCUT2D eigenvalue weighted by Gasteiger charge is -2.02. The van der Waals surface area contributed by atoms with E-state index in [9.17, 15) is 4.79 Å². The van der Waals surface area contributed by atoms with Gasteiger partial charge in [-0.3, -0.25) is 0 Å². The number of rotatable bonds is 2. The highest BCUT2D eigenvalue weighted by Crippen LogP contribution is 2.36. The van der Waals surface area contributed by atoms with Crippen LogP contribution in [0.3, 0.4) is 0 Å². The quantitative estimate of drug-likeness (QED) is 0.516. The molecule has 0 aliphatic carbocycles. The van der Waals surface area contributed by atoms with E-state index in [2.05, 4.69) is 48.1 Å². The summed E-state index contributed by atoms with van der Waals surface area (Å²) in [6.45, 7) is 8.38. The minimum Gasteiger partial charge on any atom is -0.461 e. The van der Waals surface area contributed by atoms with Crippen molar-refractivity contribution < 1.29 is 9.53 Å². The molecule has 0 aliphatic heterocycles. The zero-order valence-corrected chi connectivity index (χ0v) is 14.3. The first-order valence-corrected chi connectivity index (χ1v) is 8.23. The van der Waals surface area contributed by atoms with Crippen molar-refractivity contribution >= 4 is 38.7 Å². The molecule has 0 saturated heterocycles. The Morgan fingerprint density at radius 2 is 1.83 bits per heavy atom. The summed E-state index contributed by atoms with van der Waals surface area (Å²) in [7, 11) is 0. The largest absolute Gasteiger partial charge is 0.461 e. The minimum absolute atomic E-state index is 0.296. The van der Waals surface area contributed by atoms with Crippen LogP contribution in [0.1, 0.15) is 34.1 Å². The molecule has 2 N–H and O–H groups in total. The van der Waals surface area contributed by atoms with E-state index in [0.717, 1.165) is 27.5 Å². The van der Waals surface area contributed by atoms with Crippen LogP contribution < -0.4 is 0 Å². The molecule has 0 amide bonds. The number of benzene rings is 2. The summed E-state index contributed by atoms with van der Waals surface area (Å²) in [5, 5.41) is 3.48. The second-order valence-corrected chi connectivity index (χ2v) is 6.31. The Bertz CT molecular complexity index is 1120. The molecule has 0 bridgehead atoms. The number of aromatic amines is 2. The van der Waals surface area contributed by atoms with Crippen LogP contribution in [0, 0.1) is 20.8 Å². The number of fused-ring (bicyclic) bond motifs is 4. The molecule has 2 heterocycles. The Hall–Kier alpha value is -2.75. The van der Waals surface area contributed by atoms with Crippen molar-refractivity contribution in [2.45, 2.75) is 27.7 Å². The van der Waals surface area contributed by atoms with Gasteiger partial charge in [-0.15, -0.1) is 0 Å². The average molecular weight is 320 g/mol. The fraction of sp³-hybridized carbons (Fsp3) is 0.250. The molecule has 4 heteroatoms. The number of ether oxygens (including phenoxy) is 1. The number of aromatic nitrogens is 2. The van der Waals surface area contributed by atoms with E-state index in [1.165, 1.54) is 21.9 Å². The number of para-hydroxylation sites is 1. The number of hydrogen-bond donors (Lipinski definition) is 2. The van der Waals surface area contributed by atoms with Gasteiger partial charge >= 0.3 is 5.97 Å². The van der Waals surface area contributed by atoms with Gasteiger partial charge in [0.15, 0.2) is 0 Å². The number of hydrogen-bond acceptors (Lipinski definition) is 2. The highest BCUT2D eigenvalue weighted by atomic mass is 16.5. The molecule has 4 aromatic rings. The highest BCUT2D eigenvalue weighted by Gasteiger charge is 2.19. The average Bonchev–Trinajstić information content (AvgIpc) is 3.08. The van der Waals surface area contributed by atoms with Crippen LogP contribution in [-0.2, 0) is 4.74 Å². The van der Waals surface area contributed by atoms with E-state index in [4.69, 9.17) is 4.74 Å². The van der Waals surface area contributed by atoms with Gasteiger partial charge in [0.2, 0.25) is 0 Å². The maximum absolute atomic E-state index is 12.2. The molecule has 0 saturated carbocycles. The topological polar surface area (TPSA) is 57.9 Å². The summed E-state index contributed by atoms with van der Waals surface area (Å²) in [5.41, 5.74) is 7.15. The van der Waals surface area contributed by atoms with Gasteiger partial charge in [0.25, 0.3) is 0 Å². The van der Waals surface area contributed by atoms with Gasteiger partial charge in [0.05, 0.1) is 12.1 Å². The summed E-state index contributed by atoms with van der Waals surface area (Å²) in [5.74, 6) is -0.296. The monoisotopic (exact) mass is 320 g/mol. The Morgan fingerprint density at radius 1 is 1.04 bits per heavy atom. The highest BCUT2D eigenvalue weighted by molar-refractivity contribution is 6.15. The lowest BCUT2D eigenvalue weighted by molar-refractivity contribution is 0.0520. The van der Waals surface area contributed by atoms with Gasteiger partial charge in [-0.1, -0.05) is 18.2 Å². The molecule has 0 spiro atoms. The first-order chi connectivity index (χ1) is 11.5. The van der Waals surface area contributed by atoms with Crippen LogP contribution in [0.4, 0.5) is 0 Å². The van der Waals surface area contributed by atoms with Crippen LogP contribution in [0.25, 0.3) is 32.7 Å². The first-order valence-electron chi connectivity index (χ1n) is 8.23. The summed E-state index contributed by atoms with van der Waals surface area (Å²) >= 11 is 0. The predicted octanol–water partition coefficient (Wildman–Crippen LogP) is 4.90. The maximum atomic E-state index is 12.2. The van der Waals surface area contributed by atoms with E-state index in [0.29, 0.717) is 12.3 Å². The van der Waals surface area contributed by atoms with Crippen LogP contribution in [-0.4, -0.2) is 22.5 Å². The summed E-state index contributed by atoms with van der Waals surface area (Å²) in [6, 6.07) is 8.46. The standard InChI is InChI=1S/C20H20N2O2/c1-5-24-20(23)19-12(4)16-11(3)18-14(9-15(16)21-19)13-8-6-7-10(2)17(13)22-18/h6-9,21-22H,5H2,1-4H3. The number of carbonyl (C=O) groups is 1. The van der Waals surface area contributed by atoms with Crippen LogP contribution in [0.15, 0.2) is 24.3 Å². The molecule has 0 aliphatic rings. The lowest BCUT2D eigenvalue weighted by atomic mass is 10.0. The van der Waals surface area contributed by atoms with Gasteiger partial charge in [0.1, 0.15) is 5.69 Å². The number of nitrogens with one attached hydrogen (secondary N) is 2. The van der Waals surface area contributed by atoms with Gasteiger partial charge in [-0.25, -0.2) is 4.79 Å².